The predicted octanol–water partition coefficient (Wildman–Crippen LogP) is 2.46. The van der Waals surface area contributed by atoms with Crippen molar-refractivity contribution in [3.05, 3.63) is 119 Å². The second-order valence-electron chi connectivity index (χ2n) is 7.51. The molecule has 197 valence electrons. The summed E-state index contributed by atoms with van der Waals surface area (Å²) in [7, 11) is 0. The van der Waals surface area contributed by atoms with Crippen LogP contribution < -0.4 is 21.1 Å². The Morgan fingerprint density at radius 1 is 0.590 bits per heavy atom. The van der Waals surface area contributed by atoms with Crippen molar-refractivity contribution in [3.8, 4) is 23.0 Å². The largest absolute Gasteiger partial charge is 2.00 e. The Morgan fingerprint density at radius 2 is 0.923 bits per heavy atom. The molecule has 2 amide bonds. The predicted molar refractivity (Wildman–Crippen MR) is 138 cm³/mol. The van der Waals surface area contributed by atoms with Crippen molar-refractivity contribution in [2.45, 2.75) is 0 Å². The van der Waals surface area contributed by atoms with E-state index < -0.39 is 11.8 Å². The van der Waals surface area contributed by atoms with Crippen molar-refractivity contribution < 1.29 is 47.1 Å². The number of carbonyl (C=O) groups is 2. The molecule has 4 rings (SSSR count). The van der Waals surface area contributed by atoms with Crippen LogP contribution in [0.1, 0.15) is 31.8 Å². The van der Waals surface area contributed by atoms with E-state index in [-0.39, 0.29) is 51.2 Å². The summed E-state index contributed by atoms with van der Waals surface area (Å²) >= 11 is 0. The van der Waals surface area contributed by atoms with Crippen LogP contribution in [0.2, 0.25) is 0 Å². The Hall–Kier alpha value is -5.12. The zero-order valence-corrected chi connectivity index (χ0v) is 21.4. The molecule has 0 aliphatic carbocycles. The van der Waals surface area contributed by atoms with E-state index in [1.807, 2.05) is 0 Å². The van der Waals surface area contributed by atoms with Crippen molar-refractivity contribution in [1.29, 1.82) is 0 Å². The van der Waals surface area contributed by atoms with Crippen LogP contribution in [-0.4, -0.2) is 34.5 Å². The number of hydrogen-bond acceptors (Lipinski definition) is 8. The molecule has 0 bridgehead atoms. The third kappa shape index (κ3) is 9.04. The third-order valence-electron chi connectivity index (χ3n) is 4.87. The number of nitrogens with one attached hydrogen (secondary N) is 2. The summed E-state index contributed by atoms with van der Waals surface area (Å²) in [5.74, 6) is -1.69. The van der Waals surface area contributed by atoms with E-state index in [0.29, 0.717) is 11.1 Å². The van der Waals surface area contributed by atoms with Crippen LogP contribution in [0.4, 0.5) is 0 Å². The van der Waals surface area contributed by atoms with Crippen LogP contribution in [-0.2, 0) is 17.1 Å². The quantitative estimate of drug-likeness (QED) is 0.159. The van der Waals surface area contributed by atoms with Crippen molar-refractivity contribution in [2.24, 2.45) is 10.2 Å². The first-order chi connectivity index (χ1) is 18.4. The van der Waals surface area contributed by atoms with Gasteiger partial charge in [0.15, 0.2) is 0 Å². The maximum Gasteiger partial charge on any atom is 2.00 e. The van der Waals surface area contributed by atoms with Gasteiger partial charge in [0, 0.05) is 0 Å². The van der Waals surface area contributed by atoms with Gasteiger partial charge in [-0.3, -0.25) is 9.59 Å². The molecule has 39 heavy (non-hydrogen) atoms. The number of nitrogens with zero attached hydrogens (tertiary/aromatic N) is 2. The molecule has 0 aromatic heterocycles. The molecule has 0 aliphatic rings. The summed E-state index contributed by atoms with van der Waals surface area (Å²) < 4.78 is 0. The molecule has 4 aromatic rings. The second kappa shape index (κ2) is 15.2. The monoisotopic (exact) mass is 565 g/mol. The van der Waals surface area contributed by atoms with Gasteiger partial charge in [-0.05, 0) is 35.4 Å². The van der Waals surface area contributed by atoms with Gasteiger partial charge in [0.2, 0.25) is 0 Å². The topological polar surface area (TPSA) is 169 Å². The molecule has 0 aliphatic heterocycles. The maximum absolute atomic E-state index is 11.7. The fraction of sp³-hybridized carbons (Fsp3) is 0. The molecule has 0 atom stereocenters. The molecule has 0 fully saturated rings. The van der Waals surface area contributed by atoms with Crippen molar-refractivity contribution in [1.82, 2.24) is 10.9 Å². The van der Waals surface area contributed by atoms with E-state index in [1.54, 1.807) is 60.7 Å². The number of para-hydroxylation sites is 4. The molecule has 4 aromatic carbocycles. The first-order valence-electron chi connectivity index (χ1n) is 11.1. The van der Waals surface area contributed by atoms with Crippen LogP contribution in [0.25, 0.3) is 0 Å². The molecule has 4 N–H and O–H groups in total. The number of aromatic hydroxyl groups is 2. The summed E-state index contributed by atoms with van der Waals surface area (Å²) in [5.41, 5.74) is 5.49. The van der Waals surface area contributed by atoms with E-state index in [9.17, 15) is 30.0 Å². The molecule has 0 heterocycles. The standard InChI is InChI=1S/2C14H12N2O3.Mn/c2*17-12-7-3-1-5-10(12)9-15-16-14(19)11-6-2-4-8-13(11)18;/h2*1-9,17-18H,(H,16,19);/q;;+2/p-2/b15-9+;;. The van der Waals surface area contributed by atoms with E-state index >= 15 is 0 Å². The first-order valence-corrected chi connectivity index (χ1v) is 11.1. The van der Waals surface area contributed by atoms with E-state index in [0.717, 1.165) is 0 Å². The van der Waals surface area contributed by atoms with Gasteiger partial charge in [0.25, 0.3) is 11.8 Å². The molecule has 0 saturated heterocycles. The number of phenolic OH excluding ortho intramolecular Hbond substituents is 2. The minimum absolute atomic E-state index is 0. The number of hydrogen-bond donors (Lipinski definition) is 4. The van der Waals surface area contributed by atoms with Crippen molar-refractivity contribution in [2.75, 3.05) is 0 Å². The number of amides is 2. The normalized spacial score (nSPS) is 10.3. The minimum atomic E-state index is -0.544. The fourth-order valence-corrected chi connectivity index (χ4v) is 2.95. The Labute approximate surface area is 234 Å². The summed E-state index contributed by atoms with van der Waals surface area (Å²) in [5, 5.41) is 49.1. The summed E-state index contributed by atoms with van der Waals surface area (Å²) in [6.07, 6.45) is 2.53. The summed E-state index contributed by atoms with van der Waals surface area (Å²) in [6, 6.07) is 24.9. The van der Waals surface area contributed by atoms with Gasteiger partial charge < -0.3 is 20.4 Å². The zero-order valence-electron chi connectivity index (χ0n) is 20.2. The number of phenols is 2. The smallest absolute Gasteiger partial charge is 0.872 e. The third-order valence-corrected chi connectivity index (χ3v) is 4.87. The SMILES string of the molecule is O=C(N/N=C/c1ccccc1[O-])c1ccccc1O.O=C(NN=Cc1ccccc1[O-])c1ccccc1O.[Mn+2]. The molecule has 10 nitrogen and oxygen atoms in total. The Morgan fingerprint density at radius 3 is 1.28 bits per heavy atom. The van der Waals surface area contributed by atoms with E-state index in [1.165, 1.54) is 48.8 Å². The first kappa shape index (κ1) is 30.1. The second-order valence-corrected chi connectivity index (χ2v) is 7.51. The van der Waals surface area contributed by atoms with Crippen LogP contribution in [0.15, 0.2) is 107 Å². The van der Waals surface area contributed by atoms with E-state index in [4.69, 9.17) is 0 Å². The van der Waals surface area contributed by atoms with Gasteiger partial charge in [-0.25, -0.2) is 10.9 Å². The van der Waals surface area contributed by atoms with Gasteiger partial charge >= 0.3 is 17.1 Å². The number of rotatable bonds is 6. The van der Waals surface area contributed by atoms with Crippen molar-refractivity contribution in [3.63, 3.8) is 0 Å². The van der Waals surface area contributed by atoms with E-state index in [2.05, 4.69) is 21.1 Å². The molecule has 11 heteroatoms. The average Bonchev–Trinajstić information content (AvgIpc) is 2.91. The molecule has 1 radical (unpaired) electrons. The number of hydrazone groups is 2. The summed E-state index contributed by atoms with van der Waals surface area (Å²) in [4.78, 5) is 23.4. The molecule has 0 saturated carbocycles. The molecular weight excluding hydrogens is 543 g/mol. The summed E-state index contributed by atoms with van der Waals surface area (Å²) in [6.45, 7) is 0. The van der Waals surface area contributed by atoms with Gasteiger partial charge in [-0.1, -0.05) is 84.3 Å². The fourth-order valence-electron chi connectivity index (χ4n) is 2.95. The number of carbonyl (C=O) groups excluding carboxylic acids is 2. The van der Waals surface area contributed by atoms with Gasteiger partial charge in [0.05, 0.1) is 23.6 Å². The van der Waals surface area contributed by atoms with Crippen molar-refractivity contribution >= 4 is 24.2 Å². The molecule has 0 spiro atoms. The Bertz CT molecular complexity index is 1360. The van der Waals surface area contributed by atoms with Crippen LogP contribution in [0, 0.1) is 0 Å². The molecule has 0 unspecified atom stereocenters. The average molecular weight is 565 g/mol. The van der Waals surface area contributed by atoms with Crippen LogP contribution in [0.3, 0.4) is 0 Å². The van der Waals surface area contributed by atoms with Crippen LogP contribution >= 0.6 is 0 Å². The Kier molecular flexibility index (Phi) is 11.7. The maximum atomic E-state index is 11.7. The Balaban J connectivity index is 0.000000267. The van der Waals surface area contributed by atoms with Gasteiger partial charge in [-0.15, -0.1) is 0 Å². The molecular formula is C28H22MnN4O6. The van der Waals surface area contributed by atoms with Gasteiger partial charge in [-0.2, -0.15) is 10.2 Å². The zero-order chi connectivity index (χ0) is 27.3. The van der Waals surface area contributed by atoms with Crippen LogP contribution in [0.5, 0.6) is 23.0 Å². The number of benzene rings is 4. The van der Waals surface area contributed by atoms with Gasteiger partial charge in [0.1, 0.15) is 11.5 Å². The minimum Gasteiger partial charge on any atom is -0.872 e.